The second-order valence-electron chi connectivity index (χ2n) is 8.57. The molecule has 1 heterocycles. The van der Waals surface area contributed by atoms with Crippen LogP contribution in [0, 0.1) is 0 Å². The lowest BCUT2D eigenvalue weighted by molar-refractivity contribution is -0.158. The molecule has 1 unspecified atom stereocenters. The Morgan fingerprint density at radius 3 is 2.23 bits per heavy atom. The number of hydrogen-bond acceptors (Lipinski definition) is 4. The van der Waals surface area contributed by atoms with Gasteiger partial charge in [-0.15, -0.1) is 0 Å². The lowest BCUT2D eigenvalue weighted by Gasteiger charge is -2.27. The molecule has 1 aromatic carbocycles. The molecule has 0 spiro atoms. The largest absolute Gasteiger partial charge is 0.459 e. The highest BCUT2D eigenvalue weighted by Crippen LogP contribution is 2.31. The minimum atomic E-state index is -3.72. The molecular formula is C20H31NO4S. The van der Waals surface area contributed by atoms with Crippen LogP contribution in [0.4, 0.5) is 0 Å². The molecule has 0 bridgehead atoms. The maximum absolute atomic E-state index is 13.1. The first-order valence-corrected chi connectivity index (χ1v) is 10.7. The molecule has 1 aliphatic heterocycles. The Kier molecular flexibility index (Phi) is 5.88. The van der Waals surface area contributed by atoms with E-state index < -0.39 is 27.6 Å². The second kappa shape index (κ2) is 7.31. The van der Waals surface area contributed by atoms with Crippen molar-refractivity contribution in [3.63, 3.8) is 0 Å². The van der Waals surface area contributed by atoms with Gasteiger partial charge in [0.1, 0.15) is 11.6 Å². The summed E-state index contributed by atoms with van der Waals surface area (Å²) >= 11 is 0. The van der Waals surface area contributed by atoms with Crippen molar-refractivity contribution in [3.05, 3.63) is 29.8 Å². The fraction of sp³-hybridized carbons (Fsp3) is 0.650. The molecule has 0 aromatic heterocycles. The molecule has 0 N–H and O–H groups in total. The van der Waals surface area contributed by atoms with Gasteiger partial charge in [0.25, 0.3) is 0 Å². The lowest BCUT2D eigenvalue weighted by atomic mass is 9.82. The van der Waals surface area contributed by atoms with Crippen LogP contribution in [0.1, 0.15) is 66.4 Å². The zero-order valence-corrected chi connectivity index (χ0v) is 17.5. The summed E-state index contributed by atoms with van der Waals surface area (Å²) in [5, 5.41) is 0. The van der Waals surface area contributed by atoms with Gasteiger partial charge in [0, 0.05) is 6.54 Å². The SMILES string of the molecule is CCC(C)(C)c1ccc(S(=O)(=O)N2CCCC2C(=O)OC(C)(C)C)cc1. The van der Waals surface area contributed by atoms with Crippen LogP contribution in [0.25, 0.3) is 0 Å². The maximum atomic E-state index is 13.1. The van der Waals surface area contributed by atoms with Crippen molar-refractivity contribution in [2.24, 2.45) is 0 Å². The summed E-state index contributed by atoms with van der Waals surface area (Å²) < 4.78 is 32.8. The van der Waals surface area contributed by atoms with E-state index in [2.05, 4.69) is 20.8 Å². The van der Waals surface area contributed by atoms with Crippen molar-refractivity contribution < 1.29 is 17.9 Å². The number of esters is 1. The summed E-state index contributed by atoms with van der Waals surface area (Å²) in [6, 6.07) is 6.29. The Bertz CT molecular complexity index is 745. The molecule has 5 nitrogen and oxygen atoms in total. The van der Waals surface area contributed by atoms with E-state index in [-0.39, 0.29) is 10.3 Å². The van der Waals surface area contributed by atoms with E-state index in [1.54, 1.807) is 32.9 Å². The van der Waals surface area contributed by atoms with Crippen LogP contribution in [0.2, 0.25) is 0 Å². The third-order valence-electron chi connectivity index (χ3n) is 5.01. The van der Waals surface area contributed by atoms with Gasteiger partial charge in [-0.3, -0.25) is 4.79 Å². The highest BCUT2D eigenvalue weighted by Gasteiger charge is 2.41. The minimum absolute atomic E-state index is 0.00497. The summed E-state index contributed by atoms with van der Waals surface area (Å²) in [7, 11) is -3.72. The van der Waals surface area contributed by atoms with Crippen LogP contribution in [0.5, 0.6) is 0 Å². The Labute approximate surface area is 157 Å². The van der Waals surface area contributed by atoms with Crippen LogP contribution in [0.15, 0.2) is 29.2 Å². The summed E-state index contributed by atoms with van der Waals surface area (Å²) in [6.07, 6.45) is 2.12. The van der Waals surface area contributed by atoms with Gasteiger partial charge >= 0.3 is 5.97 Å². The fourth-order valence-electron chi connectivity index (χ4n) is 3.05. The number of rotatable bonds is 5. The zero-order chi connectivity index (χ0) is 19.8. The quantitative estimate of drug-likeness (QED) is 0.726. The number of hydrogen-bond donors (Lipinski definition) is 0. The van der Waals surface area contributed by atoms with Gasteiger partial charge in [0.05, 0.1) is 4.90 Å². The fourth-order valence-corrected chi connectivity index (χ4v) is 4.70. The normalized spacial score (nSPS) is 19.5. The Morgan fingerprint density at radius 1 is 1.15 bits per heavy atom. The summed E-state index contributed by atoms with van der Waals surface area (Å²) in [5.74, 6) is -0.470. The van der Waals surface area contributed by atoms with E-state index in [1.807, 2.05) is 12.1 Å². The van der Waals surface area contributed by atoms with E-state index in [0.29, 0.717) is 19.4 Å². The number of carbonyl (C=O) groups excluding carboxylic acids is 1. The minimum Gasteiger partial charge on any atom is -0.459 e. The smallest absolute Gasteiger partial charge is 0.324 e. The van der Waals surface area contributed by atoms with Crippen LogP contribution < -0.4 is 0 Å². The lowest BCUT2D eigenvalue weighted by Crippen LogP contribution is -2.43. The highest BCUT2D eigenvalue weighted by atomic mass is 32.2. The van der Waals surface area contributed by atoms with E-state index in [0.717, 1.165) is 12.0 Å². The number of benzene rings is 1. The molecule has 1 aromatic rings. The average Bonchev–Trinajstić information content (AvgIpc) is 3.04. The summed E-state index contributed by atoms with van der Waals surface area (Å²) in [4.78, 5) is 12.7. The second-order valence-corrected chi connectivity index (χ2v) is 10.5. The maximum Gasteiger partial charge on any atom is 0.324 e. The van der Waals surface area contributed by atoms with Crippen LogP contribution >= 0.6 is 0 Å². The van der Waals surface area contributed by atoms with Gasteiger partial charge in [-0.1, -0.05) is 32.9 Å². The van der Waals surface area contributed by atoms with Crippen molar-refractivity contribution in [3.8, 4) is 0 Å². The van der Waals surface area contributed by atoms with E-state index >= 15 is 0 Å². The topological polar surface area (TPSA) is 63.7 Å². The van der Waals surface area contributed by atoms with E-state index in [9.17, 15) is 13.2 Å². The van der Waals surface area contributed by atoms with Crippen LogP contribution in [0.3, 0.4) is 0 Å². The standard InChI is InChI=1S/C20H31NO4S/c1-7-20(5,6)15-10-12-16(13-11-15)26(23,24)21-14-8-9-17(21)18(22)25-19(2,3)4/h10-13,17H,7-9,14H2,1-6H3. The first-order valence-electron chi connectivity index (χ1n) is 9.24. The first-order chi connectivity index (χ1) is 11.9. The summed E-state index contributed by atoms with van der Waals surface area (Å²) in [6.45, 7) is 12.1. The number of ether oxygens (including phenoxy) is 1. The Balaban J connectivity index is 2.27. The molecule has 1 atom stereocenters. The molecular weight excluding hydrogens is 350 g/mol. The molecule has 2 rings (SSSR count). The van der Waals surface area contributed by atoms with Crippen molar-refractivity contribution in [1.29, 1.82) is 0 Å². The molecule has 0 amide bonds. The third-order valence-corrected chi connectivity index (χ3v) is 6.93. The van der Waals surface area contributed by atoms with Crippen molar-refractivity contribution in [1.82, 2.24) is 4.31 Å². The molecule has 0 saturated carbocycles. The molecule has 0 radical (unpaired) electrons. The molecule has 146 valence electrons. The Hall–Kier alpha value is -1.40. The number of nitrogens with zero attached hydrogens (tertiary/aromatic N) is 1. The van der Waals surface area contributed by atoms with E-state index in [4.69, 9.17) is 4.74 Å². The molecule has 6 heteroatoms. The van der Waals surface area contributed by atoms with Gasteiger partial charge in [-0.2, -0.15) is 4.31 Å². The van der Waals surface area contributed by atoms with Gasteiger partial charge in [-0.25, -0.2) is 8.42 Å². The van der Waals surface area contributed by atoms with Crippen molar-refractivity contribution >= 4 is 16.0 Å². The predicted octanol–water partition coefficient (Wildman–Crippen LogP) is 3.87. The van der Waals surface area contributed by atoms with Crippen molar-refractivity contribution in [2.75, 3.05) is 6.54 Å². The molecule has 1 saturated heterocycles. The van der Waals surface area contributed by atoms with Gasteiger partial charge in [-0.05, 0) is 63.1 Å². The van der Waals surface area contributed by atoms with Crippen molar-refractivity contribution in [2.45, 2.75) is 82.8 Å². The highest BCUT2D eigenvalue weighted by molar-refractivity contribution is 7.89. The third kappa shape index (κ3) is 4.46. The number of carbonyl (C=O) groups is 1. The molecule has 26 heavy (non-hydrogen) atoms. The summed E-state index contributed by atoms with van der Waals surface area (Å²) in [5.41, 5.74) is 0.460. The zero-order valence-electron chi connectivity index (χ0n) is 16.7. The predicted molar refractivity (Wildman–Crippen MR) is 103 cm³/mol. The van der Waals surface area contributed by atoms with Gasteiger partial charge in [0.15, 0.2) is 0 Å². The molecule has 0 aliphatic carbocycles. The van der Waals surface area contributed by atoms with Gasteiger partial charge < -0.3 is 4.74 Å². The van der Waals surface area contributed by atoms with Crippen LogP contribution in [-0.4, -0.2) is 36.9 Å². The first kappa shape index (κ1) is 20.9. The Morgan fingerprint density at radius 2 is 1.73 bits per heavy atom. The molecule has 1 fully saturated rings. The van der Waals surface area contributed by atoms with Gasteiger partial charge in [0.2, 0.25) is 10.0 Å². The monoisotopic (exact) mass is 381 g/mol. The number of sulfonamides is 1. The average molecular weight is 382 g/mol. The molecule has 1 aliphatic rings. The van der Waals surface area contributed by atoms with Crippen LogP contribution in [-0.2, 0) is 25.0 Å². The van der Waals surface area contributed by atoms with E-state index in [1.165, 1.54) is 4.31 Å².